The van der Waals surface area contributed by atoms with E-state index in [-0.39, 0.29) is 0 Å². The molecule has 0 spiro atoms. The van der Waals surface area contributed by atoms with Crippen molar-refractivity contribution < 1.29 is 9.53 Å². The minimum Gasteiger partial charge on any atom is -0.381 e. The molecule has 0 bridgehead atoms. The minimum absolute atomic E-state index is 0.406. The second-order valence-corrected chi connectivity index (χ2v) is 4.12. The summed E-state index contributed by atoms with van der Waals surface area (Å²) >= 11 is 0. The van der Waals surface area contributed by atoms with Crippen molar-refractivity contribution in [2.24, 2.45) is 0 Å². The van der Waals surface area contributed by atoms with E-state index in [1.807, 2.05) is 13.8 Å². The van der Waals surface area contributed by atoms with Gasteiger partial charge in [-0.2, -0.15) is 0 Å². The third-order valence-corrected chi connectivity index (χ3v) is 2.70. The molecule has 1 unspecified atom stereocenters. The summed E-state index contributed by atoms with van der Waals surface area (Å²) in [6, 6.07) is 0. The Morgan fingerprint density at radius 2 is 1.60 bits per heavy atom. The molecule has 0 aromatic carbocycles. The Hall–Kier alpha value is 0.0200. The van der Waals surface area contributed by atoms with Crippen LogP contribution in [-0.2, 0) is 9.53 Å². The first-order valence-corrected chi connectivity index (χ1v) is 6.40. The molecule has 0 amide bonds. The van der Waals surface area contributed by atoms with E-state index in [4.69, 9.17) is 4.74 Å². The van der Waals surface area contributed by atoms with E-state index in [0.29, 0.717) is 5.78 Å². The average molecular weight is 233 g/mol. The summed E-state index contributed by atoms with van der Waals surface area (Å²) in [5, 5.41) is 0. The third-order valence-electron chi connectivity index (χ3n) is 2.18. The lowest BCUT2D eigenvalue weighted by Gasteiger charge is -2.19. The smallest absolute Gasteiger partial charge is 0.135 e. The quantitative estimate of drug-likeness (QED) is 0.601. The van der Waals surface area contributed by atoms with Crippen LogP contribution in [0.2, 0.25) is 0 Å². The maximum Gasteiger partial charge on any atom is 0.135 e. The maximum absolute atomic E-state index is 10.6. The summed E-state index contributed by atoms with van der Waals surface area (Å²) in [6.07, 6.45) is 4.03. The van der Waals surface area contributed by atoms with Gasteiger partial charge in [-0.3, -0.25) is 9.46 Å². The molecule has 0 N–H and O–H groups in total. The summed E-state index contributed by atoms with van der Waals surface area (Å²) in [6.45, 7) is 7.84. The van der Waals surface area contributed by atoms with Gasteiger partial charge in [-0.25, -0.2) is 0 Å². The van der Waals surface area contributed by atoms with Gasteiger partial charge in [-0.05, 0) is 12.8 Å². The highest BCUT2D eigenvalue weighted by atomic mass is 31.0. The number of hydrogen-bond acceptors (Lipinski definition) is 3. The molecule has 2 aliphatic heterocycles. The molecule has 2 rings (SSSR count). The predicted octanol–water partition coefficient (Wildman–Crippen LogP) is 2.26. The van der Waals surface area contributed by atoms with Crippen LogP contribution in [-0.4, -0.2) is 36.8 Å². The zero-order valence-electron chi connectivity index (χ0n) is 10.00. The Kier molecular flexibility index (Phi) is 10.5. The zero-order chi connectivity index (χ0) is 11.5. The first kappa shape index (κ1) is 15.0. The van der Waals surface area contributed by atoms with Gasteiger partial charge in [0.2, 0.25) is 0 Å². The molecule has 0 aromatic heterocycles. The second kappa shape index (κ2) is 10.5. The molecule has 0 saturated carbocycles. The van der Waals surface area contributed by atoms with Gasteiger partial charge in [0.15, 0.2) is 0 Å². The Labute approximate surface area is 95.8 Å². The van der Waals surface area contributed by atoms with E-state index in [1.165, 1.54) is 12.8 Å². The lowest BCUT2D eigenvalue weighted by Crippen LogP contribution is -2.25. The van der Waals surface area contributed by atoms with Crippen LogP contribution in [0.15, 0.2) is 0 Å². The molecule has 15 heavy (non-hydrogen) atoms. The standard InChI is InChI=1S/C5H10NOP.C4H8O.C2H6/c7-5-1-3-6(8)4-2-5;1-2-4-5-3-1;1-2/h1-4,8H2;1-4H2;1-2H3. The summed E-state index contributed by atoms with van der Waals surface area (Å²) in [5.74, 6) is 0.406. The Morgan fingerprint density at radius 3 is 1.87 bits per heavy atom. The zero-order valence-corrected chi connectivity index (χ0v) is 11.2. The van der Waals surface area contributed by atoms with Crippen LogP contribution in [0.3, 0.4) is 0 Å². The van der Waals surface area contributed by atoms with Crippen LogP contribution < -0.4 is 0 Å². The molecule has 0 radical (unpaired) electrons. The van der Waals surface area contributed by atoms with Crippen LogP contribution in [0.25, 0.3) is 0 Å². The van der Waals surface area contributed by atoms with E-state index >= 15 is 0 Å². The molecule has 2 heterocycles. The van der Waals surface area contributed by atoms with Gasteiger partial charge in [-0.1, -0.05) is 23.2 Å². The number of carbonyl (C=O) groups excluding carboxylic acids is 1. The number of nitrogens with zero attached hydrogens (tertiary/aromatic N) is 1. The summed E-state index contributed by atoms with van der Waals surface area (Å²) in [7, 11) is 2.60. The molecule has 2 saturated heterocycles. The Balaban J connectivity index is 0.000000241. The fourth-order valence-corrected chi connectivity index (χ4v) is 1.54. The van der Waals surface area contributed by atoms with Crippen LogP contribution >= 0.6 is 9.39 Å². The highest BCUT2D eigenvalue weighted by Gasteiger charge is 2.11. The van der Waals surface area contributed by atoms with Gasteiger partial charge in [0, 0.05) is 39.1 Å². The van der Waals surface area contributed by atoms with E-state index in [9.17, 15) is 4.79 Å². The number of ketones is 1. The highest BCUT2D eigenvalue weighted by Crippen LogP contribution is 2.08. The fraction of sp³-hybridized carbons (Fsp3) is 0.909. The van der Waals surface area contributed by atoms with Crippen LogP contribution in [0, 0.1) is 0 Å². The fourth-order valence-electron chi connectivity index (χ4n) is 1.28. The SMILES string of the molecule is C1CCOC1.CC.O=C1CCN(P)CC1. The molecular formula is C11H24NO2P. The summed E-state index contributed by atoms with van der Waals surface area (Å²) < 4.78 is 7.04. The molecule has 0 aliphatic carbocycles. The average Bonchev–Trinajstić information content (AvgIpc) is 2.84. The van der Waals surface area contributed by atoms with E-state index in [1.54, 1.807) is 0 Å². The van der Waals surface area contributed by atoms with Gasteiger partial charge < -0.3 is 4.74 Å². The minimum atomic E-state index is 0.406. The number of hydrogen-bond donors (Lipinski definition) is 0. The largest absolute Gasteiger partial charge is 0.381 e. The maximum atomic E-state index is 10.6. The van der Waals surface area contributed by atoms with Gasteiger partial charge in [-0.15, -0.1) is 0 Å². The van der Waals surface area contributed by atoms with Gasteiger partial charge >= 0.3 is 0 Å². The molecule has 0 aromatic rings. The van der Waals surface area contributed by atoms with Crippen molar-refractivity contribution >= 4 is 15.2 Å². The summed E-state index contributed by atoms with van der Waals surface area (Å²) in [4.78, 5) is 10.6. The first-order chi connectivity index (χ1) is 7.29. The van der Waals surface area contributed by atoms with Crippen molar-refractivity contribution in [1.29, 1.82) is 0 Å². The van der Waals surface area contributed by atoms with Gasteiger partial charge in [0.1, 0.15) is 5.78 Å². The first-order valence-electron chi connectivity index (χ1n) is 5.88. The van der Waals surface area contributed by atoms with Crippen molar-refractivity contribution in [1.82, 2.24) is 4.67 Å². The topological polar surface area (TPSA) is 29.5 Å². The van der Waals surface area contributed by atoms with Crippen molar-refractivity contribution in [3.63, 3.8) is 0 Å². The molecule has 2 fully saturated rings. The lowest BCUT2D eigenvalue weighted by atomic mass is 10.1. The molecule has 4 heteroatoms. The Morgan fingerprint density at radius 1 is 1.13 bits per heavy atom. The van der Waals surface area contributed by atoms with E-state index < -0.39 is 0 Å². The van der Waals surface area contributed by atoms with Crippen molar-refractivity contribution in [2.75, 3.05) is 26.3 Å². The van der Waals surface area contributed by atoms with E-state index in [2.05, 4.69) is 14.1 Å². The highest BCUT2D eigenvalue weighted by molar-refractivity contribution is 7.13. The monoisotopic (exact) mass is 233 g/mol. The molecule has 2 aliphatic rings. The third kappa shape index (κ3) is 8.98. The lowest BCUT2D eigenvalue weighted by molar-refractivity contribution is -0.120. The van der Waals surface area contributed by atoms with E-state index in [0.717, 1.165) is 39.1 Å². The normalized spacial score (nSPS) is 21.1. The van der Waals surface area contributed by atoms with Crippen molar-refractivity contribution in [3.8, 4) is 0 Å². The molecule has 90 valence electrons. The molecule has 1 atom stereocenters. The van der Waals surface area contributed by atoms with Crippen molar-refractivity contribution in [2.45, 2.75) is 39.5 Å². The Bertz CT molecular complexity index is 143. The molecular weight excluding hydrogens is 209 g/mol. The number of piperidine rings is 1. The number of ether oxygens (including phenoxy) is 1. The predicted molar refractivity (Wildman–Crippen MR) is 66.9 cm³/mol. The van der Waals surface area contributed by atoms with Gasteiger partial charge in [0.25, 0.3) is 0 Å². The molecule has 3 nitrogen and oxygen atoms in total. The number of carbonyl (C=O) groups is 1. The van der Waals surface area contributed by atoms with Crippen LogP contribution in [0.5, 0.6) is 0 Å². The van der Waals surface area contributed by atoms with Gasteiger partial charge in [0.05, 0.1) is 0 Å². The van der Waals surface area contributed by atoms with Crippen LogP contribution in [0.1, 0.15) is 39.5 Å². The summed E-state index contributed by atoms with van der Waals surface area (Å²) in [5.41, 5.74) is 0. The van der Waals surface area contributed by atoms with Crippen molar-refractivity contribution in [3.05, 3.63) is 0 Å². The van der Waals surface area contributed by atoms with Crippen LogP contribution in [0.4, 0.5) is 0 Å². The number of Topliss-reactive ketones (excluding diaryl/α,β-unsaturated/α-hetero) is 1. The second-order valence-electron chi connectivity index (χ2n) is 3.39. The number of rotatable bonds is 0.